The van der Waals surface area contributed by atoms with Crippen LogP contribution in [0.25, 0.3) is 0 Å². The lowest BCUT2D eigenvalue weighted by Crippen LogP contribution is -2.46. The van der Waals surface area contributed by atoms with Gasteiger partial charge in [0, 0.05) is 6.42 Å². The predicted molar refractivity (Wildman–Crippen MR) is 46.0 cm³/mol. The van der Waals surface area contributed by atoms with Crippen molar-refractivity contribution >= 4 is 0 Å². The Morgan fingerprint density at radius 3 is 2.64 bits per heavy atom. The van der Waals surface area contributed by atoms with E-state index in [1.807, 2.05) is 0 Å². The van der Waals surface area contributed by atoms with E-state index in [-0.39, 0.29) is 26.1 Å². The first kappa shape index (κ1) is 13.7. The van der Waals surface area contributed by atoms with Crippen LogP contribution in [-0.4, -0.2) is 43.6 Å². The highest BCUT2D eigenvalue weighted by Crippen LogP contribution is 2.19. The van der Waals surface area contributed by atoms with Crippen molar-refractivity contribution in [1.29, 1.82) is 0 Å². The molecule has 2 unspecified atom stereocenters. The van der Waals surface area contributed by atoms with Gasteiger partial charge in [0.15, 0.2) is 12.0 Å². The molecule has 0 heterocycles. The number of ether oxygens (including phenoxy) is 1. The highest BCUT2D eigenvalue weighted by molar-refractivity contribution is 4.80. The van der Waals surface area contributed by atoms with E-state index in [1.165, 1.54) is 0 Å². The van der Waals surface area contributed by atoms with Crippen LogP contribution in [0.4, 0.5) is 13.2 Å². The third-order valence-electron chi connectivity index (χ3n) is 1.71. The third-order valence-corrected chi connectivity index (χ3v) is 1.71. The molecule has 0 aromatic carbocycles. The van der Waals surface area contributed by atoms with Gasteiger partial charge in [-0.25, -0.2) is 8.78 Å². The fraction of sp³-hybridized carbons (Fsp3) is 1.00. The van der Waals surface area contributed by atoms with Crippen LogP contribution in [0.5, 0.6) is 0 Å². The Labute approximate surface area is 81.0 Å². The van der Waals surface area contributed by atoms with Gasteiger partial charge in [-0.3, -0.25) is 10.1 Å². The van der Waals surface area contributed by atoms with Crippen LogP contribution < -0.4 is 5.73 Å². The van der Waals surface area contributed by atoms with Crippen LogP contribution in [0.15, 0.2) is 0 Å². The molecule has 0 aromatic rings. The average molecular weight is 215 g/mol. The Morgan fingerprint density at radius 1 is 1.50 bits per heavy atom. The van der Waals surface area contributed by atoms with Gasteiger partial charge in [0.2, 0.25) is 0 Å². The lowest BCUT2D eigenvalue weighted by Gasteiger charge is -2.23. The van der Waals surface area contributed by atoms with E-state index in [0.29, 0.717) is 0 Å². The van der Waals surface area contributed by atoms with Crippen molar-refractivity contribution in [2.45, 2.75) is 24.8 Å². The molecule has 3 N–H and O–H groups in total. The number of rotatable bonds is 8. The molecule has 0 aliphatic rings. The summed E-state index contributed by atoms with van der Waals surface area (Å²) in [6, 6.07) is 0. The molecule has 6 heteroatoms. The van der Waals surface area contributed by atoms with Gasteiger partial charge in [-0.05, 0) is 6.42 Å². The maximum Gasteiger partial charge on any atom is 0.192 e. The van der Waals surface area contributed by atoms with Crippen molar-refractivity contribution < 1.29 is 23.0 Å². The SMILES string of the molecule is NC(F)(CCCF)C(F)COCCO. The number of halogens is 3. The summed E-state index contributed by atoms with van der Waals surface area (Å²) < 4.78 is 42.4. The smallest absolute Gasteiger partial charge is 0.192 e. The van der Waals surface area contributed by atoms with E-state index >= 15 is 0 Å². The molecule has 2 atom stereocenters. The zero-order chi connectivity index (χ0) is 11.0. The highest BCUT2D eigenvalue weighted by atomic mass is 19.2. The summed E-state index contributed by atoms with van der Waals surface area (Å²) in [6.07, 6.45) is -2.50. The maximum atomic E-state index is 13.2. The monoisotopic (exact) mass is 215 g/mol. The summed E-state index contributed by atoms with van der Waals surface area (Å²) in [5, 5.41) is 8.30. The first-order valence-corrected chi connectivity index (χ1v) is 4.41. The van der Waals surface area contributed by atoms with Crippen molar-refractivity contribution in [3.63, 3.8) is 0 Å². The number of aliphatic hydroxyl groups excluding tert-OH is 1. The number of nitrogens with two attached hydrogens (primary N) is 1. The Morgan fingerprint density at radius 2 is 2.14 bits per heavy atom. The molecule has 0 aliphatic heterocycles. The zero-order valence-electron chi connectivity index (χ0n) is 7.89. The van der Waals surface area contributed by atoms with E-state index < -0.39 is 25.2 Å². The average Bonchev–Trinajstić information content (AvgIpc) is 2.15. The second kappa shape index (κ2) is 7.03. The minimum atomic E-state index is -2.55. The molecular weight excluding hydrogens is 199 g/mol. The number of aliphatic hydroxyl groups is 1. The van der Waals surface area contributed by atoms with Crippen LogP contribution in [0.2, 0.25) is 0 Å². The molecule has 0 rings (SSSR count). The van der Waals surface area contributed by atoms with Crippen molar-refractivity contribution in [2.24, 2.45) is 5.73 Å². The zero-order valence-corrected chi connectivity index (χ0v) is 7.89. The van der Waals surface area contributed by atoms with Crippen LogP contribution in [0, 0.1) is 0 Å². The number of hydrogen-bond donors (Lipinski definition) is 2. The van der Waals surface area contributed by atoms with Gasteiger partial charge in [0.25, 0.3) is 0 Å². The second-order valence-electron chi connectivity index (χ2n) is 2.99. The lowest BCUT2D eigenvalue weighted by molar-refractivity contribution is -0.0241. The molecule has 0 spiro atoms. The Kier molecular flexibility index (Phi) is 6.86. The van der Waals surface area contributed by atoms with Crippen molar-refractivity contribution in [3.8, 4) is 0 Å². The Hall–Kier alpha value is -0.330. The molecule has 0 saturated carbocycles. The first-order chi connectivity index (χ1) is 6.54. The van der Waals surface area contributed by atoms with Gasteiger partial charge in [-0.1, -0.05) is 0 Å². The van der Waals surface area contributed by atoms with Crippen LogP contribution in [0.1, 0.15) is 12.8 Å². The van der Waals surface area contributed by atoms with Gasteiger partial charge < -0.3 is 9.84 Å². The molecule has 0 aromatic heterocycles. The van der Waals surface area contributed by atoms with E-state index in [2.05, 4.69) is 4.74 Å². The minimum absolute atomic E-state index is 0.0698. The quantitative estimate of drug-likeness (QED) is 0.463. The minimum Gasteiger partial charge on any atom is -0.394 e. The van der Waals surface area contributed by atoms with Gasteiger partial charge in [-0.15, -0.1) is 0 Å². The van der Waals surface area contributed by atoms with E-state index in [0.717, 1.165) is 0 Å². The normalized spacial score (nSPS) is 17.8. The summed E-state index contributed by atoms with van der Waals surface area (Å²) in [5.41, 5.74) is 4.98. The molecule has 3 nitrogen and oxygen atoms in total. The van der Waals surface area contributed by atoms with E-state index in [4.69, 9.17) is 10.8 Å². The Balaban J connectivity index is 3.75. The van der Waals surface area contributed by atoms with Gasteiger partial charge in [0.1, 0.15) is 0 Å². The van der Waals surface area contributed by atoms with E-state index in [9.17, 15) is 13.2 Å². The van der Waals surface area contributed by atoms with Crippen molar-refractivity contribution in [3.05, 3.63) is 0 Å². The molecule has 0 saturated heterocycles. The molecular formula is C8H16F3NO2. The highest BCUT2D eigenvalue weighted by Gasteiger charge is 2.34. The topological polar surface area (TPSA) is 55.5 Å². The summed E-state index contributed by atoms with van der Waals surface area (Å²) in [6.45, 7) is -1.59. The first-order valence-electron chi connectivity index (χ1n) is 4.41. The number of hydrogen-bond acceptors (Lipinski definition) is 3. The molecule has 86 valence electrons. The Bertz CT molecular complexity index is 147. The standard InChI is InChI=1S/C8H16F3NO2/c9-3-1-2-8(11,12)7(10)6-14-5-4-13/h7,13H,1-6,12H2. The molecule has 0 fully saturated rings. The van der Waals surface area contributed by atoms with Crippen molar-refractivity contribution in [2.75, 3.05) is 26.5 Å². The molecule has 0 aliphatic carbocycles. The van der Waals surface area contributed by atoms with Crippen LogP contribution >= 0.6 is 0 Å². The lowest BCUT2D eigenvalue weighted by atomic mass is 10.1. The summed E-state index contributed by atoms with van der Waals surface area (Å²) in [7, 11) is 0. The largest absolute Gasteiger partial charge is 0.394 e. The third kappa shape index (κ3) is 5.41. The maximum absolute atomic E-state index is 13.2. The second-order valence-corrected chi connectivity index (χ2v) is 2.99. The fourth-order valence-electron chi connectivity index (χ4n) is 0.884. The van der Waals surface area contributed by atoms with Gasteiger partial charge in [0.05, 0.1) is 26.5 Å². The fourth-order valence-corrected chi connectivity index (χ4v) is 0.884. The molecule has 0 amide bonds. The number of alkyl halides is 3. The molecule has 0 bridgehead atoms. The van der Waals surface area contributed by atoms with E-state index in [1.54, 1.807) is 0 Å². The predicted octanol–water partition coefficient (Wildman–Crippen LogP) is 0.708. The van der Waals surface area contributed by atoms with Gasteiger partial charge in [-0.2, -0.15) is 0 Å². The van der Waals surface area contributed by atoms with Gasteiger partial charge >= 0.3 is 0 Å². The summed E-state index contributed by atoms with van der Waals surface area (Å²) in [5.74, 6) is -2.55. The summed E-state index contributed by atoms with van der Waals surface area (Å²) >= 11 is 0. The molecule has 0 radical (unpaired) electrons. The molecule has 14 heavy (non-hydrogen) atoms. The van der Waals surface area contributed by atoms with Crippen LogP contribution in [-0.2, 0) is 4.74 Å². The van der Waals surface area contributed by atoms with Crippen LogP contribution in [0.3, 0.4) is 0 Å². The van der Waals surface area contributed by atoms with Crippen molar-refractivity contribution in [1.82, 2.24) is 0 Å². The summed E-state index contributed by atoms with van der Waals surface area (Å²) in [4.78, 5) is 0.